The normalized spacial score (nSPS) is 19.6. The van der Waals surface area contributed by atoms with Crippen LogP contribution in [-0.2, 0) is 4.79 Å². The predicted octanol–water partition coefficient (Wildman–Crippen LogP) is -0.410. The topological polar surface area (TPSA) is 104 Å². The zero-order valence-corrected chi connectivity index (χ0v) is 10.3. The largest absolute Gasteiger partial charge is 0.383 e. The van der Waals surface area contributed by atoms with Crippen molar-refractivity contribution in [2.45, 2.75) is 12.8 Å². The molecule has 0 bridgehead atoms. The average Bonchev–Trinajstić information content (AvgIpc) is 2.83. The maximum Gasteiger partial charge on any atom is 0.259 e. The first-order valence-corrected chi connectivity index (χ1v) is 5.93. The van der Waals surface area contributed by atoms with Crippen molar-refractivity contribution in [3.63, 3.8) is 0 Å². The van der Waals surface area contributed by atoms with Crippen LogP contribution in [-0.4, -0.2) is 47.0 Å². The van der Waals surface area contributed by atoms with Crippen molar-refractivity contribution in [3.8, 4) is 0 Å². The SMILES string of the molecule is CNC(=O)C1CCCN(C(=O)c2cn[nH]c2N)C1. The number of aromatic amines is 1. The van der Waals surface area contributed by atoms with Crippen LogP contribution in [0.15, 0.2) is 6.20 Å². The molecule has 1 aromatic heterocycles. The van der Waals surface area contributed by atoms with E-state index in [1.165, 1.54) is 6.20 Å². The van der Waals surface area contributed by atoms with Crippen molar-refractivity contribution in [1.29, 1.82) is 0 Å². The second-order valence-corrected chi connectivity index (χ2v) is 4.40. The molecule has 98 valence electrons. The lowest BCUT2D eigenvalue weighted by molar-refractivity contribution is -0.125. The van der Waals surface area contributed by atoms with Gasteiger partial charge in [0.05, 0.1) is 12.1 Å². The number of hydrogen-bond donors (Lipinski definition) is 3. The number of hydrogen-bond acceptors (Lipinski definition) is 4. The van der Waals surface area contributed by atoms with Gasteiger partial charge in [0, 0.05) is 20.1 Å². The fraction of sp³-hybridized carbons (Fsp3) is 0.545. The molecule has 1 aliphatic rings. The van der Waals surface area contributed by atoms with Crippen LogP contribution < -0.4 is 11.1 Å². The van der Waals surface area contributed by atoms with E-state index >= 15 is 0 Å². The molecule has 1 fully saturated rings. The van der Waals surface area contributed by atoms with Crippen LogP contribution in [0.3, 0.4) is 0 Å². The van der Waals surface area contributed by atoms with Gasteiger partial charge in [0.2, 0.25) is 5.91 Å². The average molecular weight is 251 g/mol. The second kappa shape index (κ2) is 5.07. The summed E-state index contributed by atoms with van der Waals surface area (Å²) in [6, 6.07) is 0. The molecule has 4 N–H and O–H groups in total. The molecule has 1 unspecified atom stereocenters. The first kappa shape index (κ1) is 12.4. The van der Waals surface area contributed by atoms with E-state index in [4.69, 9.17) is 5.73 Å². The van der Waals surface area contributed by atoms with Gasteiger partial charge in [-0.1, -0.05) is 0 Å². The third-order valence-electron chi connectivity index (χ3n) is 3.23. The minimum atomic E-state index is -0.171. The summed E-state index contributed by atoms with van der Waals surface area (Å²) in [5.41, 5.74) is 5.99. The van der Waals surface area contributed by atoms with Gasteiger partial charge in [-0.2, -0.15) is 5.10 Å². The lowest BCUT2D eigenvalue weighted by Gasteiger charge is -2.31. The predicted molar refractivity (Wildman–Crippen MR) is 65.7 cm³/mol. The van der Waals surface area contributed by atoms with Gasteiger partial charge in [-0.3, -0.25) is 14.7 Å². The van der Waals surface area contributed by atoms with E-state index in [-0.39, 0.29) is 23.6 Å². The number of nitrogens with zero attached hydrogens (tertiary/aromatic N) is 2. The molecular weight excluding hydrogens is 234 g/mol. The lowest BCUT2D eigenvalue weighted by Crippen LogP contribution is -2.44. The summed E-state index contributed by atoms with van der Waals surface area (Å²) in [5, 5.41) is 8.89. The Labute approximate surface area is 105 Å². The van der Waals surface area contributed by atoms with Crippen molar-refractivity contribution < 1.29 is 9.59 Å². The zero-order chi connectivity index (χ0) is 13.1. The summed E-state index contributed by atoms with van der Waals surface area (Å²) in [4.78, 5) is 25.4. The highest BCUT2D eigenvalue weighted by atomic mass is 16.2. The van der Waals surface area contributed by atoms with Crippen LogP contribution in [0.25, 0.3) is 0 Å². The highest BCUT2D eigenvalue weighted by Gasteiger charge is 2.29. The zero-order valence-electron chi connectivity index (χ0n) is 10.3. The number of amides is 2. The minimum Gasteiger partial charge on any atom is -0.383 e. The van der Waals surface area contributed by atoms with E-state index in [2.05, 4.69) is 15.5 Å². The van der Waals surface area contributed by atoms with Crippen molar-refractivity contribution >= 4 is 17.6 Å². The molecule has 7 heteroatoms. The lowest BCUT2D eigenvalue weighted by atomic mass is 9.97. The standard InChI is InChI=1S/C11H17N5O2/c1-13-10(17)7-3-2-4-16(6-7)11(18)8-5-14-15-9(8)12/h5,7H,2-4,6H2,1H3,(H,13,17)(H3,12,14,15). The summed E-state index contributed by atoms with van der Waals surface area (Å²) >= 11 is 0. The summed E-state index contributed by atoms with van der Waals surface area (Å²) in [5.74, 6) is -0.0644. The molecule has 0 saturated carbocycles. The van der Waals surface area contributed by atoms with Gasteiger partial charge in [0.25, 0.3) is 5.91 Å². The Hall–Kier alpha value is -2.05. The molecule has 1 atom stereocenters. The fourth-order valence-corrected chi connectivity index (χ4v) is 2.22. The van der Waals surface area contributed by atoms with E-state index in [1.807, 2.05) is 0 Å². The molecule has 0 spiro atoms. The van der Waals surface area contributed by atoms with Gasteiger partial charge in [-0.05, 0) is 12.8 Å². The molecule has 2 amide bonds. The number of nitrogen functional groups attached to an aromatic ring is 1. The molecule has 0 aromatic carbocycles. The van der Waals surface area contributed by atoms with E-state index in [9.17, 15) is 9.59 Å². The Kier molecular flexibility index (Phi) is 3.50. The summed E-state index contributed by atoms with van der Waals surface area (Å²) in [7, 11) is 1.61. The monoisotopic (exact) mass is 251 g/mol. The van der Waals surface area contributed by atoms with Crippen molar-refractivity contribution in [2.75, 3.05) is 25.9 Å². The van der Waals surface area contributed by atoms with Gasteiger partial charge >= 0.3 is 0 Å². The molecular formula is C11H17N5O2. The number of anilines is 1. The molecule has 0 aliphatic carbocycles. The number of H-pyrrole nitrogens is 1. The Morgan fingerprint density at radius 2 is 2.39 bits per heavy atom. The number of nitrogens with two attached hydrogens (primary N) is 1. The molecule has 1 aliphatic heterocycles. The number of rotatable bonds is 2. The van der Waals surface area contributed by atoms with Gasteiger partial charge in [0.15, 0.2) is 0 Å². The van der Waals surface area contributed by atoms with Crippen LogP contribution >= 0.6 is 0 Å². The number of carbonyl (C=O) groups excluding carboxylic acids is 2. The van der Waals surface area contributed by atoms with Crippen LogP contribution in [0.5, 0.6) is 0 Å². The summed E-state index contributed by atoms with van der Waals surface area (Å²) in [6.07, 6.45) is 3.05. The Bertz CT molecular complexity index is 456. The molecule has 2 heterocycles. The van der Waals surface area contributed by atoms with Gasteiger partial charge in [0.1, 0.15) is 11.4 Å². The van der Waals surface area contributed by atoms with Crippen molar-refractivity contribution in [2.24, 2.45) is 5.92 Å². The summed E-state index contributed by atoms with van der Waals surface area (Å²) in [6.45, 7) is 1.08. The minimum absolute atomic E-state index is 0.0207. The van der Waals surface area contributed by atoms with E-state index < -0.39 is 0 Å². The van der Waals surface area contributed by atoms with Crippen LogP contribution in [0, 0.1) is 5.92 Å². The van der Waals surface area contributed by atoms with Crippen LogP contribution in [0.1, 0.15) is 23.2 Å². The quantitative estimate of drug-likeness (QED) is 0.664. The third-order valence-corrected chi connectivity index (χ3v) is 3.23. The number of likely N-dealkylation sites (tertiary alicyclic amines) is 1. The first-order valence-electron chi connectivity index (χ1n) is 5.93. The third kappa shape index (κ3) is 2.29. The van der Waals surface area contributed by atoms with E-state index in [0.29, 0.717) is 18.7 Å². The number of aromatic nitrogens is 2. The highest BCUT2D eigenvalue weighted by Crippen LogP contribution is 2.20. The Morgan fingerprint density at radius 1 is 1.61 bits per heavy atom. The number of piperidine rings is 1. The van der Waals surface area contributed by atoms with Crippen molar-refractivity contribution in [1.82, 2.24) is 20.4 Å². The van der Waals surface area contributed by atoms with E-state index in [0.717, 1.165) is 12.8 Å². The second-order valence-electron chi connectivity index (χ2n) is 4.40. The van der Waals surface area contributed by atoms with Crippen molar-refractivity contribution in [3.05, 3.63) is 11.8 Å². The van der Waals surface area contributed by atoms with E-state index in [1.54, 1.807) is 11.9 Å². The molecule has 7 nitrogen and oxygen atoms in total. The fourth-order valence-electron chi connectivity index (χ4n) is 2.22. The van der Waals surface area contributed by atoms with Gasteiger partial charge < -0.3 is 16.0 Å². The summed E-state index contributed by atoms with van der Waals surface area (Å²) < 4.78 is 0. The van der Waals surface area contributed by atoms with Gasteiger partial charge in [-0.25, -0.2) is 0 Å². The highest BCUT2D eigenvalue weighted by molar-refractivity contribution is 5.98. The molecule has 1 aromatic rings. The smallest absolute Gasteiger partial charge is 0.259 e. The molecule has 2 rings (SSSR count). The van der Waals surface area contributed by atoms with Crippen LogP contribution in [0.2, 0.25) is 0 Å². The maximum atomic E-state index is 12.2. The maximum absolute atomic E-state index is 12.2. The molecule has 1 saturated heterocycles. The first-order chi connectivity index (χ1) is 8.63. The van der Waals surface area contributed by atoms with Crippen LogP contribution in [0.4, 0.5) is 5.82 Å². The van der Waals surface area contributed by atoms with Gasteiger partial charge in [-0.15, -0.1) is 0 Å². The number of nitrogens with one attached hydrogen (secondary N) is 2. The molecule has 18 heavy (non-hydrogen) atoms. The number of carbonyl (C=O) groups is 2. The Balaban J connectivity index is 2.07. The Morgan fingerprint density at radius 3 is 3.00 bits per heavy atom. The molecule has 0 radical (unpaired) electrons.